The Labute approximate surface area is 175 Å². The number of phenolic OH excluding ortho intramolecular Hbond substituents is 1. The zero-order valence-electron chi connectivity index (χ0n) is 17.3. The second kappa shape index (κ2) is 8.37. The Bertz CT molecular complexity index is 1220. The number of phenols is 1. The highest BCUT2D eigenvalue weighted by atomic mass is 32.2. The fraction of sp³-hybridized carbons (Fsp3) is 0.286. The minimum Gasteiger partial charge on any atom is -0.506 e. The molecule has 3 rings (SSSR count). The van der Waals surface area contributed by atoms with Crippen molar-refractivity contribution in [3.05, 3.63) is 53.3 Å². The Balaban J connectivity index is 1.93. The monoisotopic (exact) mass is 428 g/mol. The number of aromatic hydroxyl groups is 1. The molecule has 1 heterocycles. The van der Waals surface area contributed by atoms with Crippen LogP contribution < -0.4 is 5.32 Å². The summed E-state index contributed by atoms with van der Waals surface area (Å²) in [5.74, 6) is -0.724. The van der Waals surface area contributed by atoms with Crippen LogP contribution in [0.25, 0.3) is 11.0 Å². The number of anilines is 1. The molecular weight excluding hydrogens is 404 g/mol. The van der Waals surface area contributed by atoms with Gasteiger partial charge in [0.05, 0.1) is 33.0 Å². The minimum atomic E-state index is -3.73. The van der Waals surface area contributed by atoms with E-state index in [9.17, 15) is 18.3 Å². The summed E-state index contributed by atoms with van der Waals surface area (Å²) in [6, 6.07) is 8.74. The predicted octanol–water partition coefficient (Wildman–Crippen LogP) is 3.24. The van der Waals surface area contributed by atoms with Gasteiger partial charge in [-0.15, -0.1) is 0 Å². The number of nitrogens with zero attached hydrogens (tertiary/aromatic N) is 3. The van der Waals surface area contributed by atoms with E-state index in [2.05, 4.69) is 15.3 Å². The van der Waals surface area contributed by atoms with Crippen molar-refractivity contribution >= 4 is 32.7 Å². The van der Waals surface area contributed by atoms with Crippen molar-refractivity contribution in [2.45, 2.75) is 32.6 Å². The van der Waals surface area contributed by atoms with Crippen molar-refractivity contribution < 1.29 is 18.3 Å². The Morgan fingerprint density at radius 2 is 1.63 bits per heavy atom. The van der Waals surface area contributed by atoms with Crippen LogP contribution in [0, 0.1) is 13.8 Å². The van der Waals surface area contributed by atoms with E-state index in [1.807, 2.05) is 13.8 Å². The van der Waals surface area contributed by atoms with E-state index in [0.29, 0.717) is 29.7 Å². The van der Waals surface area contributed by atoms with E-state index < -0.39 is 15.9 Å². The molecule has 8 nitrogen and oxygen atoms in total. The van der Waals surface area contributed by atoms with Gasteiger partial charge < -0.3 is 10.4 Å². The van der Waals surface area contributed by atoms with Crippen molar-refractivity contribution in [2.24, 2.45) is 0 Å². The number of fused-ring (bicyclic) bond motifs is 1. The van der Waals surface area contributed by atoms with Gasteiger partial charge in [-0.3, -0.25) is 4.79 Å². The van der Waals surface area contributed by atoms with Gasteiger partial charge in [0.1, 0.15) is 5.75 Å². The quantitative estimate of drug-likeness (QED) is 0.583. The smallest absolute Gasteiger partial charge is 0.255 e. The number of rotatable bonds is 6. The van der Waals surface area contributed by atoms with E-state index in [1.54, 1.807) is 32.0 Å². The average molecular weight is 429 g/mol. The molecule has 0 aliphatic carbocycles. The Morgan fingerprint density at radius 3 is 2.27 bits per heavy atom. The molecule has 1 amide bonds. The molecule has 3 aromatic rings. The predicted molar refractivity (Wildman–Crippen MR) is 115 cm³/mol. The Kier molecular flexibility index (Phi) is 6.04. The van der Waals surface area contributed by atoms with Gasteiger partial charge >= 0.3 is 0 Å². The maximum absolute atomic E-state index is 12.7. The first-order valence-electron chi connectivity index (χ1n) is 9.56. The summed E-state index contributed by atoms with van der Waals surface area (Å²) in [6.45, 7) is 7.83. The number of hydrogen-bond donors (Lipinski definition) is 2. The molecule has 0 atom stereocenters. The molecule has 0 aliphatic rings. The molecule has 0 saturated heterocycles. The third-order valence-corrected chi connectivity index (χ3v) is 6.94. The molecule has 0 bridgehead atoms. The van der Waals surface area contributed by atoms with Crippen LogP contribution >= 0.6 is 0 Å². The summed E-state index contributed by atoms with van der Waals surface area (Å²) in [4.78, 5) is 21.6. The van der Waals surface area contributed by atoms with Crippen molar-refractivity contribution in [3.63, 3.8) is 0 Å². The average Bonchev–Trinajstić information content (AvgIpc) is 2.70. The van der Waals surface area contributed by atoms with Crippen molar-refractivity contribution in [1.29, 1.82) is 0 Å². The number of carbonyl (C=O) groups is 1. The molecule has 0 aliphatic heterocycles. The third kappa shape index (κ3) is 4.12. The number of carbonyl (C=O) groups excluding carboxylic acids is 1. The van der Waals surface area contributed by atoms with Gasteiger partial charge in [0, 0.05) is 18.7 Å². The van der Waals surface area contributed by atoms with Gasteiger partial charge in [-0.25, -0.2) is 18.4 Å². The topological polar surface area (TPSA) is 112 Å². The molecule has 0 fully saturated rings. The molecule has 9 heteroatoms. The maximum atomic E-state index is 12.7. The summed E-state index contributed by atoms with van der Waals surface area (Å²) in [5.41, 5.74) is 3.16. The van der Waals surface area contributed by atoms with Crippen LogP contribution in [-0.4, -0.2) is 46.8 Å². The largest absolute Gasteiger partial charge is 0.506 e. The number of sulfonamides is 1. The van der Waals surface area contributed by atoms with Gasteiger partial charge in [-0.2, -0.15) is 4.31 Å². The van der Waals surface area contributed by atoms with Crippen LogP contribution in [0.4, 0.5) is 5.69 Å². The second-order valence-corrected chi connectivity index (χ2v) is 8.76. The van der Waals surface area contributed by atoms with E-state index in [4.69, 9.17) is 0 Å². The number of hydrogen-bond acceptors (Lipinski definition) is 6. The van der Waals surface area contributed by atoms with E-state index in [0.717, 1.165) is 11.4 Å². The van der Waals surface area contributed by atoms with Gasteiger partial charge in [0.25, 0.3) is 5.91 Å². The molecule has 2 N–H and O–H groups in total. The summed E-state index contributed by atoms with van der Waals surface area (Å²) in [5, 5.41) is 12.7. The van der Waals surface area contributed by atoms with Crippen LogP contribution in [-0.2, 0) is 10.0 Å². The van der Waals surface area contributed by atoms with Crippen LogP contribution in [0.2, 0.25) is 0 Å². The lowest BCUT2D eigenvalue weighted by molar-refractivity contribution is 0.102. The number of aryl methyl sites for hydroxylation is 2. The highest BCUT2D eigenvalue weighted by Crippen LogP contribution is 2.28. The number of benzene rings is 2. The summed E-state index contributed by atoms with van der Waals surface area (Å²) in [6.07, 6.45) is 0. The third-order valence-electron chi connectivity index (χ3n) is 4.90. The normalized spacial score (nSPS) is 11.8. The first-order chi connectivity index (χ1) is 14.2. The molecule has 0 saturated carbocycles. The molecule has 158 valence electrons. The molecular formula is C21H24N4O4S. The lowest BCUT2D eigenvalue weighted by Crippen LogP contribution is -2.30. The fourth-order valence-electron chi connectivity index (χ4n) is 3.05. The molecule has 0 unspecified atom stereocenters. The lowest BCUT2D eigenvalue weighted by atomic mass is 10.1. The molecule has 1 aromatic heterocycles. The Hall–Kier alpha value is -3.04. The molecule has 0 radical (unpaired) electrons. The standard InChI is InChI=1S/C21H24N4O4S/c1-5-25(6-2)30(28,29)16-8-10-20(26)19(12-16)24-21(27)15-7-9-17-18(11-15)23-14(4)13(3)22-17/h7-12,26H,5-6H2,1-4H3,(H,24,27). The van der Waals surface area contributed by atoms with Crippen molar-refractivity contribution in [3.8, 4) is 5.75 Å². The van der Waals surface area contributed by atoms with Crippen molar-refractivity contribution in [1.82, 2.24) is 14.3 Å². The van der Waals surface area contributed by atoms with Crippen LogP contribution in [0.15, 0.2) is 41.3 Å². The SMILES string of the molecule is CCN(CC)S(=O)(=O)c1ccc(O)c(NC(=O)c2ccc3nc(C)c(C)nc3c2)c1. The Morgan fingerprint density at radius 1 is 1.00 bits per heavy atom. The minimum absolute atomic E-state index is 0.00484. The number of amides is 1. The zero-order valence-corrected chi connectivity index (χ0v) is 18.1. The molecule has 30 heavy (non-hydrogen) atoms. The molecule has 0 spiro atoms. The lowest BCUT2D eigenvalue weighted by Gasteiger charge is -2.19. The van der Waals surface area contributed by atoms with Crippen LogP contribution in [0.5, 0.6) is 5.75 Å². The van der Waals surface area contributed by atoms with Gasteiger partial charge in [0.2, 0.25) is 10.0 Å². The fourth-order valence-corrected chi connectivity index (χ4v) is 4.54. The van der Waals surface area contributed by atoms with Gasteiger partial charge in [-0.1, -0.05) is 13.8 Å². The van der Waals surface area contributed by atoms with Gasteiger partial charge in [-0.05, 0) is 50.2 Å². The highest BCUT2D eigenvalue weighted by Gasteiger charge is 2.23. The summed E-state index contributed by atoms with van der Waals surface area (Å²) >= 11 is 0. The zero-order chi connectivity index (χ0) is 22.1. The van der Waals surface area contributed by atoms with E-state index in [1.165, 1.54) is 22.5 Å². The molecule has 2 aromatic carbocycles. The highest BCUT2D eigenvalue weighted by molar-refractivity contribution is 7.89. The van der Waals surface area contributed by atoms with Crippen LogP contribution in [0.3, 0.4) is 0 Å². The first kappa shape index (κ1) is 21.7. The maximum Gasteiger partial charge on any atom is 0.255 e. The van der Waals surface area contributed by atoms with Crippen LogP contribution in [0.1, 0.15) is 35.6 Å². The number of aromatic nitrogens is 2. The first-order valence-corrected chi connectivity index (χ1v) is 11.0. The van der Waals surface area contributed by atoms with E-state index in [-0.39, 0.29) is 16.3 Å². The number of nitrogens with one attached hydrogen (secondary N) is 1. The van der Waals surface area contributed by atoms with Gasteiger partial charge in [0.15, 0.2) is 0 Å². The van der Waals surface area contributed by atoms with E-state index >= 15 is 0 Å². The summed E-state index contributed by atoms with van der Waals surface area (Å²) in [7, 11) is -3.73. The second-order valence-electron chi connectivity index (χ2n) is 6.82. The summed E-state index contributed by atoms with van der Waals surface area (Å²) < 4.78 is 26.8. The van der Waals surface area contributed by atoms with Crippen molar-refractivity contribution in [2.75, 3.05) is 18.4 Å².